The smallest absolute Gasteiger partial charge is 0.341 e. The minimum absolute atomic E-state index is 0.0364. The number of anilines is 4. The molecule has 7 heterocycles. The van der Waals surface area contributed by atoms with Crippen molar-refractivity contribution in [3.63, 3.8) is 0 Å². The van der Waals surface area contributed by atoms with Crippen LogP contribution in [-0.4, -0.2) is 212 Å². The molecule has 6 aliphatic heterocycles. The number of methoxy groups -OCH3 is 1. The molecular weight excluding hydrogens is 1730 g/mol. The molecule has 132 heavy (non-hydrogen) atoms. The van der Waals surface area contributed by atoms with E-state index in [-0.39, 0.29) is 104 Å². The first-order chi connectivity index (χ1) is 63.0. The number of piperidine rings is 1. The van der Waals surface area contributed by atoms with Gasteiger partial charge in [0.2, 0.25) is 5.43 Å². The maximum absolute atomic E-state index is 14.7. The number of carbonyl (C=O) groups excluding carboxylic acids is 3. The summed E-state index contributed by atoms with van der Waals surface area (Å²) in [6.07, 6.45) is 10.2. The lowest BCUT2D eigenvalue weighted by atomic mass is 9.78. The number of phenolic OH excluding ortho intramolecular Hbond substituents is 2. The van der Waals surface area contributed by atoms with Crippen molar-refractivity contribution in [3.8, 4) is 34.3 Å². The molecule has 3 fully saturated rings. The second kappa shape index (κ2) is 44.0. The van der Waals surface area contributed by atoms with Gasteiger partial charge in [0.25, 0.3) is 11.7 Å². The van der Waals surface area contributed by atoms with E-state index in [2.05, 4.69) is 81.9 Å². The van der Waals surface area contributed by atoms with Crippen molar-refractivity contribution < 1.29 is 78.3 Å². The average molecular weight is 1860 g/mol. The number of amides is 1. The Bertz CT molecular complexity index is 5990. The molecule has 15 rings (SSSR count). The van der Waals surface area contributed by atoms with E-state index in [1.807, 2.05) is 90.0 Å². The molecule has 2 unspecified atom stereocenters. The normalized spacial score (nSPS) is 23.0. The molecule has 29 nitrogen and oxygen atoms in total. The van der Waals surface area contributed by atoms with Crippen molar-refractivity contribution in [1.82, 2.24) is 35.0 Å². The minimum Gasteiger partial charge on any atom is -0.507 e. The SMILES string of the molecule is CC(C)N=c1cc2n(-c3ccc(Cl)cc3)c3ccccc3nc-2cc1Nc1ccc(Cl)cc1.CCC(CO)NCCNC(CC)CO.CO[C@H]1/C=C/O[C@@]2(C)Oc3c(C)c(O)c4c(O)c(c5c(c4c3C2=O)=NC2(CCN(CC(C)C)CC2)N=5)NC(=O)/C(C)=C\C=C\[C@H](C)[C@H](O)[C@@H](C)[C@@H](O)[C@@H](C)[C@H](OC(C)=O)[C@@H]1C.O=C(O)c1cn(C2CC2)c2cc(N3CCNCC3)c(F)cc2c1=O. The number of hydrogen-bond acceptors (Lipinski definition) is 25. The summed E-state index contributed by atoms with van der Waals surface area (Å²) in [5.41, 5.74) is 6.18. The highest BCUT2D eigenvalue weighted by molar-refractivity contribution is 6.31. The molecule has 4 bridgehead atoms. The van der Waals surface area contributed by atoms with Gasteiger partial charge in [-0.1, -0.05) is 109 Å². The van der Waals surface area contributed by atoms with E-state index < -0.39 is 100 Å². The first kappa shape index (κ1) is 100. The van der Waals surface area contributed by atoms with Gasteiger partial charge in [0.1, 0.15) is 40.0 Å². The Hall–Kier alpha value is -10.7. The number of ketones is 1. The largest absolute Gasteiger partial charge is 0.507 e. The van der Waals surface area contributed by atoms with Gasteiger partial charge in [-0.05, 0) is 150 Å². The Morgan fingerprint density at radius 1 is 0.780 bits per heavy atom. The molecule has 6 aromatic carbocycles. The van der Waals surface area contributed by atoms with Gasteiger partial charge in [0, 0.05) is 190 Å². The molecule has 2 aliphatic carbocycles. The van der Waals surface area contributed by atoms with Crippen LogP contribution in [0.2, 0.25) is 10.0 Å². The number of aliphatic hydroxyl groups excluding tert-OH is 4. The number of para-hydroxylation sites is 2. The molecule has 32 heteroatoms. The van der Waals surface area contributed by atoms with E-state index in [1.165, 1.54) is 39.5 Å². The van der Waals surface area contributed by atoms with Crippen LogP contribution in [0, 0.1) is 42.3 Å². The second-order valence-electron chi connectivity index (χ2n) is 35.9. The first-order valence-electron chi connectivity index (χ1n) is 45.6. The van der Waals surface area contributed by atoms with Gasteiger partial charge in [-0.3, -0.25) is 34.2 Å². The van der Waals surface area contributed by atoms with Crippen LogP contribution in [0.3, 0.4) is 0 Å². The summed E-state index contributed by atoms with van der Waals surface area (Å²) in [6.45, 7) is 32.8. The number of ether oxygens (including phenoxy) is 4. The molecule has 1 aromatic heterocycles. The molecule has 1 amide bonds. The van der Waals surface area contributed by atoms with Crippen LogP contribution < -0.4 is 57.7 Å². The van der Waals surface area contributed by atoms with E-state index in [4.69, 9.17) is 72.3 Å². The molecule has 8 aliphatic rings. The highest BCUT2D eigenvalue weighted by Crippen LogP contribution is 2.51. The van der Waals surface area contributed by atoms with Crippen LogP contribution in [-0.2, 0) is 23.8 Å². The maximum atomic E-state index is 14.7. The summed E-state index contributed by atoms with van der Waals surface area (Å²) in [7, 11) is 1.47. The van der Waals surface area contributed by atoms with Gasteiger partial charge >= 0.3 is 17.7 Å². The number of hydrogen-bond donors (Lipinski definition) is 12. The van der Waals surface area contributed by atoms with E-state index in [1.54, 1.807) is 71.9 Å². The lowest BCUT2D eigenvalue weighted by Crippen LogP contribution is -2.46. The minimum atomic E-state index is -1.96. The van der Waals surface area contributed by atoms with Gasteiger partial charge in [-0.2, -0.15) is 0 Å². The number of esters is 1. The first-order valence-corrected chi connectivity index (χ1v) is 46.3. The second-order valence-corrected chi connectivity index (χ2v) is 36.8. The predicted molar refractivity (Wildman–Crippen MR) is 513 cm³/mol. The molecule has 11 atom stereocenters. The number of allylic oxidation sites excluding steroid dienone is 2. The van der Waals surface area contributed by atoms with Crippen molar-refractivity contribution in [2.24, 2.45) is 44.6 Å². The molecule has 0 radical (unpaired) electrons. The summed E-state index contributed by atoms with van der Waals surface area (Å²) < 4.78 is 42.6. The number of aromatic nitrogens is 3. The van der Waals surface area contributed by atoms with Crippen LogP contribution in [0.1, 0.15) is 161 Å². The molecule has 7 aromatic rings. The van der Waals surface area contributed by atoms with Crippen LogP contribution in [0.15, 0.2) is 159 Å². The third-order valence-corrected chi connectivity index (χ3v) is 25.8. The van der Waals surface area contributed by atoms with Gasteiger partial charge < -0.3 is 100 Å². The average Bonchev–Trinajstić information content (AvgIpc) is 1.46. The number of nitrogens with zero attached hydrogens (tertiary/aromatic N) is 8. The highest BCUT2D eigenvalue weighted by Gasteiger charge is 2.51. The molecule has 708 valence electrons. The van der Waals surface area contributed by atoms with Crippen LogP contribution in [0.5, 0.6) is 17.2 Å². The zero-order valence-electron chi connectivity index (χ0n) is 77.7. The Morgan fingerprint density at radius 3 is 2.02 bits per heavy atom. The lowest BCUT2D eigenvalue weighted by molar-refractivity contribution is -0.160. The zero-order valence-corrected chi connectivity index (χ0v) is 79.3. The van der Waals surface area contributed by atoms with Crippen molar-refractivity contribution in [3.05, 3.63) is 198 Å². The van der Waals surface area contributed by atoms with Gasteiger partial charge in [-0.15, -0.1) is 0 Å². The van der Waals surface area contributed by atoms with Crippen LogP contribution in [0.25, 0.3) is 49.8 Å². The zero-order chi connectivity index (χ0) is 95.5. The quantitative estimate of drug-likeness (QED) is 0.0146. The molecule has 12 N–H and O–H groups in total. The third-order valence-electron chi connectivity index (χ3n) is 25.3. The number of fused-ring (bicyclic) bond motifs is 4. The summed E-state index contributed by atoms with van der Waals surface area (Å²) in [4.78, 5) is 89.3. The number of aromatic carboxylic acids is 1. The highest BCUT2D eigenvalue weighted by atomic mass is 35.5. The topological polar surface area (TPSA) is 390 Å². The van der Waals surface area contributed by atoms with Crippen LogP contribution >= 0.6 is 23.2 Å². The van der Waals surface area contributed by atoms with Gasteiger partial charge in [0.05, 0.1) is 98.8 Å². The summed E-state index contributed by atoms with van der Waals surface area (Å²) in [6, 6.07) is 31.4. The maximum Gasteiger partial charge on any atom is 0.341 e. The van der Waals surface area contributed by atoms with Crippen molar-refractivity contribution in [2.75, 3.05) is 94.8 Å². The van der Waals surface area contributed by atoms with E-state index >= 15 is 0 Å². The molecule has 1 spiro atoms. The van der Waals surface area contributed by atoms with Crippen LogP contribution in [0.4, 0.5) is 27.1 Å². The third kappa shape index (κ3) is 22.8. The predicted octanol–water partition coefficient (Wildman–Crippen LogP) is 13.5. The van der Waals surface area contributed by atoms with Gasteiger partial charge in [0.15, 0.2) is 11.4 Å². The Morgan fingerprint density at radius 2 is 1.42 bits per heavy atom. The number of Topliss-reactive ketones (excluding diaryl/α,β-unsaturated/α-hetero) is 1. The fourth-order valence-electron chi connectivity index (χ4n) is 17.6. The number of aliphatic hydroxyl groups is 4. The standard InChI is InChI=1S/C46H62N4O11.C27H22Cl2N4.C17H18FN3O3.C10H24N2O2/c1-22(2)21-50-18-16-46(17-19-50)48-34-31-32-39(54)28(8)42-33(31)43(56)45(10,61-42)59-20-15-30(58-11)25(5)41(60-29(9)51)27(7)38(53)26(6)37(52)23(3)13-12-14-24(4)44(57)47-36(40(32)55)35(34)49-46;1-17(2)30-24-16-27-25(15-23(24)31-20-11-7-18(28)8-12-20)32-22-5-3-4-6-26(22)33(27)21-13-9-19(29)10-14-21;18-13-7-11-14(8-15(13)20-5-3-19-4-6-20)21(10-1-2-10)9-12(16(11)22)17(23)24;1-3-9(7-13)11-5-6-12-10(4-2)8-14/h12-15,20,22-23,25-27,30,37-38,41,52-55H,16-19,21H2,1-11H3,(H,47,57);3-17,31H,1-2H3;7-10,19H,1-6H2,(H,23,24);9-14H,3-8H2,1-2H3/b13-12+,20-15+,24-14-;;;/t23-,25+,26+,27+,30-,37-,38+,41+,45-;;;/m0.../s1. The molecular formula is C100H126Cl2FN13O16. The number of carboxylic acids is 1. The summed E-state index contributed by atoms with van der Waals surface area (Å²) >= 11 is 12.2. The monoisotopic (exact) mass is 1850 g/mol. The fourth-order valence-corrected chi connectivity index (χ4v) is 17.9. The number of pyridine rings is 1. The number of rotatable bonds is 20. The number of carbonyl (C=O) groups is 4. The number of phenols is 2. The number of piperazine rings is 1. The number of benzene rings is 7. The summed E-state index contributed by atoms with van der Waals surface area (Å²) in [5, 5.41) is 92.8. The Balaban J connectivity index is 0.000000183. The van der Waals surface area contributed by atoms with E-state index in [9.17, 15) is 53.9 Å². The van der Waals surface area contributed by atoms with Crippen molar-refractivity contribution in [2.45, 2.75) is 195 Å². The Kier molecular flexibility index (Phi) is 33.4. The number of likely N-dealkylation sites (tertiary alicyclic amines) is 1. The molecule has 2 saturated heterocycles. The van der Waals surface area contributed by atoms with E-state index in [0.29, 0.717) is 66.2 Å². The fraction of sp³-hybridized carbons (Fsp3) is 0.470. The Labute approximate surface area is 778 Å². The van der Waals surface area contributed by atoms with E-state index in [0.717, 1.165) is 103 Å². The number of halogens is 3. The lowest BCUT2D eigenvalue weighted by Gasteiger charge is -2.38. The summed E-state index contributed by atoms with van der Waals surface area (Å²) in [5.74, 6) is -8.20. The van der Waals surface area contributed by atoms with Crippen molar-refractivity contribution >= 4 is 102 Å². The molecule has 1 saturated carbocycles. The van der Waals surface area contributed by atoms with Crippen molar-refractivity contribution in [1.29, 1.82) is 0 Å². The number of nitrogens with one attached hydrogen (secondary N) is 5. The number of carboxylic acid groups (broad SMARTS) is 1. The van der Waals surface area contributed by atoms with Gasteiger partial charge in [-0.25, -0.2) is 14.2 Å². The number of aromatic hydroxyl groups is 2.